The van der Waals surface area contributed by atoms with E-state index in [9.17, 15) is 5.11 Å². The van der Waals surface area contributed by atoms with Crippen LogP contribution < -0.4 is 10.5 Å². The molecule has 0 amide bonds. The third kappa shape index (κ3) is 2.80. The van der Waals surface area contributed by atoms with Gasteiger partial charge in [0.1, 0.15) is 0 Å². The molecule has 0 unspecified atom stereocenters. The van der Waals surface area contributed by atoms with E-state index in [4.69, 9.17) is 10.5 Å². The maximum Gasteiger partial charge on any atom is 0.221 e. The number of methoxy groups -OCH3 is 1. The third-order valence-corrected chi connectivity index (χ3v) is 3.62. The Labute approximate surface area is 124 Å². The Morgan fingerprint density at radius 2 is 2.26 bits per heavy atom. The van der Waals surface area contributed by atoms with Crippen LogP contribution in [-0.4, -0.2) is 28.1 Å². The summed E-state index contributed by atoms with van der Waals surface area (Å²) in [6.07, 6.45) is 3.33. The first-order valence-corrected chi connectivity index (χ1v) is 6.52. The highest BCUT2D eigenvalue weighted by Gasteiger charge is 2.09. The molecule has 19 heavy (non-hydrogen) atoms. The number of nitrogens with zero attached hydrogens (tertiary/aromatic N) is 3. The van der Waals surface area contributed by atoms with Crippen LogP contribution in [0, 0.1) is 10.5 Å². The molecule has 2 aromatic rings. The molecule has 3 N–H and O–H groups in total. The van der Waals surface area contributed by atoms with Crippen molar-refractivity contribution >= 4 is 34.8 Å². The Morgan fingerprint density at radius 1 is 1.53 bits per heavy atom. The molecule has 7 heteroatoms. The summed E-state index contributed by atoms with van der Waals surface area (Å²) in [5.74, 6) is 0.850. The first-order chi connectivity index (χ1) is 9.02. The van der Waals surface area contributed by atoms with Crippen LogP contribution in [0.4, 0.5) is 5.95 Å². The summed E-state index contributed by atoms with van der Waals surface area (Å²) in [6, 6.07) is 3.49. The first-order valence-electron chi connectivity index (χ1n) is 5.44. The van der Waals surface area contributed by atoms with E-state index in [-0.39, 0.29) is 5.75 Å². The van der Waals surface area contributed by atoms with Gasteiger partial charge in [0.25, 0.3) is 0 Å². The molecule has 0 atom stereocenters. The second kappa shape index (κ2) is 5.47. The SMILES string of the molecule is COc1ccc(C=Nn2cc(C)nc2N)c(I)c1O. The van der Waals surface area contributed by atoms with Gasteiger partial charge < -0.3 is 15.6 Å². The second-order valence-corrected chi connectivity index (χ2v) is 4.93. The van der Waals surface area contributed by atoms with Crippen molar-refractivity contribution in [3.63, 3.8) is 0 Å². The zero-order valence-corrected chi connectivity index (χ0v) is 12.6. The van der Waals surface area contributed by atoms with Crippen LogP contribution >= 0.6 is 22.6 Å². The highest BCUT2D eigenvalue weighted by molar-refractivity contribution is 14.1. The summed E-state index contributed by atoms with van der Waals surface area (Å²) < 4.78 is 7.17. The molecule has 0 bridgehead atoms. The molecule has 0 aliphatic rings. The number of hydrogen-bond acceptors (Lipinski definition) is 5. The van der Waals surface area contributed by atoms with Crippen molar-refractivity contribution in [1.82, 2.24) is 9.66 Å². The van der Waals surface area contributed by atoms with Gasteiger partial charge in [-0.15, -0.1) is 0 Å². The number of aromatic nitrogens is 2. The molecule has 0 fully saturated rings. The number of halogens is 1. The van der Waals surface area contributed by atoms with Crippen molar-refractivity contribution < 1.29 is 9.84 Å². The largest absolute Gasteiger partial charge is 0.504 e. The van der Waals surface area contributed by atoms with Crippen LogP contribution in [0.5, 0.6) is 11.5 Å². The third-order valence-electron chi connectivity index (χ3n) is 2.48. The van der Waals surface area contributed by atoms with Gasteiger partial charge in [0.2, 0.25) is 5.95 Å². The summed E-state index contributed by atoms with van der Waals surface area (Å²) >= 11 is 2.03. The van der Waals surface area contributed by atoms with Gasteiger partial charge in [0, 0.05) is 5.56 Å². The molecule has 1 heterocycles. The number of rotatable bonds is 3. The van der Waals surface area contributed by atoms with E-state index in [1.54, 1.807) is 18.5 Å². The number of aromatic hydroxyl groups is 1. The summed E-state index contributed by atoms with van der Waals surface area (Å²) in [6.45, 7) is 1.84. The van der Waals surface area contributed by atoms with Gasteiger partial charge in [-0.05, 0) is 41.6 Å². The molecule has 0 spiro atoms. The monoisotopic (exact) mass is 372 g/mol. The Balaban J connectivity index is 2.34. The molecule has 0 radical (unpaired) electrons. The van der Waals surface area contributed by atoms with Gasteiger partial charge in [-0.3, -0.25) is 0 Å². The van der Waals surface area contributed by atoms with Gasteiger partial charge >= 0.3 is 0 Å². The van der Waals surface area contributed by atoms with Crippen LogP contribution in [0.15, 0.2) is 23.4 Å². The van der Waals surface area contributed by atoms with Crippen LogP contribution in [0.3, 0.4) is 0 Å². The lowest BCUT2D eigenvalue weighted by Gasteiger charge is -2.06. The zero-order valence-electron chi connectivity index (χ0n) is 10.5. The maximum atomic E-state index is 9.90. The summed E-state index contributed by atoms with van der Waals surface area (Å²) in [5.41, 5.74) is 7.25. The van der Waals surface area contributed by atoms with Crippen LogP contribution in [-0.2, 0) is 0 Å². The topological polar surface area (TPSA) is 85.7 Å². The van der Waals surface area contributed by atoms with Crippen molar-refractivity contribution in [3.05, 3.63) is 33.2 Å². The average molecular weight is 372 g/mol. The smallest absolute Gasteiger partial charge is 0.221 e. The lowest BCUT2D eigenvalue weighted by atomic mass is 10.2. The van der Waals surface area contributed by atoms with E-state index in [2.05, 4.69) is 10.1 Å². The molecule has 0 saturated carbocycles. The fraction of sp³-hybridized carbons (Fsp3) is 0.167. The Morgan fingerprint density at radius 3 is 2.84 bits per heavy atom. The number of phenols is 1. The molecule has 0 aliphatic carbocycles. The lowest BCUT2D eigenvalue weighted by molar-refractivity contribution is 0.371. The number of nitrogen functional groups attached to an aromatic ring is 1. The van der Waals surface area contributed by atoms with Crippen LogP contribution in [0.25, 0.3) is 0 Å². The molecule has 2 rings (SSSR count). The minimum atomic E-state index is 0.0989. The fourth-order valence-electron chi connectivity index (χ4n) is 1.55. The highest BCUT2D eigenvalue weighted by Crippen LogP contribution is 2.32. The lowest BCUT2D eigenvalue weighted by Crippen LogP contribution is -1.98. The number of nitrogens with two attached hydrogens (primary N) is 1. The van der Waals surface area contributed by atoms with Crippen molar-refractivity contribution in [2.45, 2.75) is 6.92 Å². The van der Waals surface area contributed by atoms with Gasteiger partial charge in [-0.25, -0.2) is 9.66 Å². The van der Waals surface area contributed by atoms with E-state index in [0.717, 1.165) is 11.3 Å². The van der Waals surface area contributed by atoms with E-state index in [1.165, 1.54) is 11.8 Å². The van der Waals surface area contributed by atoms with Crippen LogP contribution in [0.2, 0.25) is 0 Å². The van der Waals surface area contributed by atoms with Crippen molar-refractivity contribution in [1.29, 1.82) is 0 Å². The molecule has 0 saturated heterocycles. The predicted octanol–water partition coefficient (Wildman–Crippen LogP) is 1.97. The summed E-state index contributed by atoms with van der Waals surface area (Å²) in [5, 5.41) is 14.1. The molecular weight excluding hydrogens is 359 g/mol. The molecule has 6 nitrogen and oxygen atoms in total. The van der Waals surface area contributed by atoms with Gasteiger partial charge in [-0.1, -0.05) is 0 Å². The van der Waals surface area contributed by atoms with E-state index >= 15 is 0 Å². The molecule has 100 valence electrons. The number of imidazole rings is 1. The van der Waals surface area contributed by atoms with Crippen molar-refractivity contribution in [2.24, 2.45) is 5.10 Å². The number of phenolic OH excluding ortho intramolecular Hbond substituents is 1. The predicted molar refractivity (Wildman–Crippen MR) is 81.7 cm³/mol. The number of hydrogen-bond donors (Lipinski definition) is 2. The number of ether oxygens (including phenoxy) is 1. The highest BCUT2D eigenvalue weighted by atomic mass is 127. The van der Waals surface area contributed by atoms with E-state index in [1.807, 2.05) is 35.6 Å². The first kappa shape index (κ1) is 13.7. The maximum absolute atomic E-state index is 9.90. The van der Waals surface area contributed by atoms with Crippen LogP contribution in [0.1, 0.15) is 11.3 Å². The van der Waals surface area contributed by atoms with Crippen molar-refractivity contribution in [2.75, 3.05) is 12.8 Å². The number of anilines is 1. The quantitative estimate of drug-likeness (QED) is 0.637. The second-order valence-electron chi connectivity index (χ2n) is 3.85. The zero-order chi connectivity index (χ0) is 14.0. The standard InChI is InChI=1S/C12H13IN4O2/c1-7-6-17(12(14)16-7)15-5-8-3-4-9(19-2)11(18)10(8)13/h3-6,18H,1-2H3,(H2,14,16). The minimum absolute atomic E-state index is 0.0989. The Hall–Kier alpha value is -1.77. The van der Waals surface area contributed by atoms with Gasteiger partial charge in [-0.2, -0.15) is 5.10 Å². The molecule has 0 aliphatic heterocycles. The molecule has 1 aromatic carbocycles. The Bertz CT molecular complexity index is 637. The molecular formula is C12H13IN4O2. The Kier molecular flexibility index (Phi) is 3.93. The van der Waals surface area contributed by atoms with E-state index in [0.29, 0.717) is 15.3 Å². The molecule has 1 aromatic heterocycles. The van der Waals surface area contributed by atoms with Gasteiger partial charge in [0.05, 0.1) is 28.8 Å². The number of benzene rings is 1. The summed E-state index contributed by atoms with van der Waals surface area (Å²) in [4.78, 5) is 4.05. The van der Waals surface area contributed by atoms with E-state index < -0.39 is 0 Å². The summed E-state index contributed by atoms with van der Waals surface area (Å²) in [7, 11) is 1.51. The number of aryl methyl sites for hydroxylation is 1. The van der Waals surface area contributed by atoms with Gasteiger partial charge in [0.15, 0.2) is 11.5 Å². The fourth-order valence-corrected chi connectivity index (χ4v) is 2.13. The normalized spacial score (nSPS) is 11.1. The minimum Gasteiger partial charge on any atom is -0.504 e. The van der Waals surface area contributed by atoms with Crippen molar-refractivity contribution in [3.8, 4) is 11.5 Å². The average Bonchev–Trinajstić information content (AvgIpc) is 2.70.